The molecule has 0 N–H and O–H groups in total. The van der Waals surface area contributed by atoms with Crippen LogP contribution in [0.4, 0.5) is 4.79 Å². The Balaban J connectivity index is 1.73. The molecule has 0 saturated carbocycles. The van der Waals surface area contributed by atoms with E-state index in [2.05, 4.69) is 15.1 Å². The van der Waals surface area contributed by atoms with Crippen molar-refractivity contribution in [1.82, 2.24) is 20.0 Å². The van der Waals surface area contributed by atoms with Crippen molar-refractivity contribution in [3.05, 3.63) is 30.3 Å². The van der Waals surface area contributed by atoms with E-state index in [1.807, 2.05) is 20.8 Å². The predicted octanol–water partition coefficient (Wildman–Crippen LogP) is 2.81. The second-order valence-electron chi connectivity index (χ2n) is 6.17. The molecular formula is C15H18N4O3. The van der Waals surface area contributed by atoms with Crippen molar-refractivity contribution in [2.75, 3.05) is 6.54 Å². The molecule has 1 amide bonds. The van der Waals surface area contributed by atoms with Crippen LogP contribution in [0.15, 0.2) is 29.0 Å². The first-order valence-corrected chi connectivity index (χ1v) is 7.18. The maximum Gasteiger partial charge on any atom is 0.410 e. The number of ether oxygens (including phenoxy) is 1. The molecule has 1 aliphatic rings. The summed E-state index contributed by atoms with van der Waals surface area (Å²) in [5, 5.41) is 3.98. The third-order valence-corrected chi connectivity index (χ3v) is 3.30. The summed E-state index contributed by atoms with van der Waals surface area (Å²) in [6.45, 7) is 6.19. The van der Waals surface area contributed by atoms with Crippen molar-refractivity contribution in [3.8, 4) is 11.5 Å². The average Bonchev–Trinajstić information content (AvgIpc) is 2.85. The molecule has 2 aromatic rings. The van der Waals surface area contributed by atoms with Gasteiger partial charge >= 0.3 is 6.09 Å². The quantitative estimate of drug-likeness (QED) is 0.848. The topological polar surface area (TPSA) is 81.4 Å². The summed E-state index contributed by atoms with van der Waals surface area (Å²) in [5.41, 5.74) is 0.0495. The molecule has 0 aromatic carbocycles. The van der Waals surface area contributed by atoms with E-state index in [9.17, 15) is 4.79 Å². The second-order valence-corrected chi connectivity index (χ2v) is 6.17. The smallest absolute Gasteiger partial charge is 0.410 e. The summed E-state index contributed by atoms with van der Waals surface area (Å²) < 4.78 is 10.7. The van der Waals surface area contributed by atoms with Crippen LogP contribution in [0, 0.1) is 0 Å². The normalized spacial score (nSPS) is 18.0. The van der Waals surface area contributed by atoms with Crippen molar-refractivity contribution in [2.45, 2.75) is 38.8 Å². The lowest BCUT2D eigenvalue weighted by atomic mass is 10.0. The van der Waals surface area contributed by atoms with Crippen molar-refractivity contribution < 1.29 is 14.1 Å². The number of carbonyl (C=O) groups excluding carboxylic acids is 1. The summed E-state index contributed by atoms with van der Waals surface area (Å²) in [6.07, 6.45) is 3.78. The number of rotatable bonds is 2. The molecule has 0 spiro atoms. The molecule has 1 fully saturated rings. The van der Waals surface area contributed by atoms with E-state index < -0.39 is 5.60 Å². The monoisotopic (exact) mass is 302 g/mol. The molecule has 0 aliphatic carbocycles. The van der Waals surface area contributed by atoms with Gasteiger partial charge in [-0.05, 0) is 33.3 Å². The van der Waals surface area contributed by atoms with Gasteiger partial charge in [0.15, 0.2) is 17.3 Å². The molecule has 1 saturated heterocycles. The van der Waals surface area contributed by atoms with Crippen LogP contribution in [0.25, 0.3) is 11.5 Å². The van der Waals surface area contributed by atoms with Gasteiger partial charge in [-0.15, -0.1) is 0 Å². The summed E-state index contributed by atoms with van der Waals surface area (Å²) in [5.74, 6) is 1.13. The van der Waals surface area contributed by atoms with Gasteiger partial charge in [0.1, 0.15) is 5.60 Å². The van der Waals surface area contributed by atoms with E-state index >= 15 is 0 Å². The first-order chi connectivity index (χ1) is 10.4. The Morgan fingerprint density at radius 3 is 2.68 bits per heavy atom. The van der Waals surface area contributed by atoms with Gasteiger partial charge in [0.25, 0.3) is 0 Å². The summed E-state index contributed by atoms with van der Waals surface area (Å²) in [6, 6.07) is 3.37. The zero-order valence-electron chi connectivity index (χ0n) is 12.8. The standard InChI is InChI=1S/C15H18N4O3/c1-15(2,3)21-14(20)19-8-5-11(19)12-9-10(18-22-12)13-16-6-4-7-17-13/h4,6-7,9,11H,5,8H2,1-3H3. The number of nitrogens with zero attached hydrogens (tertiary/aromatic N) is 4. The van der Waals surface area contributed by atoms with Gasteiger partial charge < -0.3 is 9.26 Å². The third-order valence-electron chi connectivity index (χ3n) is 3.30. The number of aromatic nitrogens is 3. The third kappa shape index (κ3) is 2.93. The fraction of sp³-hybridized carbons (Fsp3) is 0.467. The van der Waals surface area contributed by atoms with Crippen LogP contribution in [0.1, 0.15) is 39.0 Å². The fourth-order valence-corrected chi connectivity index (χ4v) is 2.21. The van der Waals surface area contributed by atoms with Gasteiger partial charge in [0, 0.05) is 25.0 Å². The highest BCUT2D eigenvalue weighted by Gasteiger charge is 2.38. The molecule has 22 heavy (non-hydrogen) atoms. The van der Waals surface area contributed by atoms with E-state index in [4.69, 9.17) is 9.26 Å². The van der Waals surface area contributed by atoms with Gasteiger partial charge in [-0.2, -0.15) is 0 Å². The van der Waals surface area contributed by atoms with Gasteiger partial charge in [-0.3, -0.25) is 4.90 Å². The van der Waals surface area contributed by atoms with Crippen LogP contribution in [-0.2, 0) is 4.74 Å². The maximum atomic E-state index is 12.1. The molecule has 0 radical (unpaired) electrons. The highest BCUT2D eigenvalue weighted by Crippen LogP contribution is 2.35. The van der Waals surface area contributed by atoms with Crippen molar-refractivity contribution in [3.63, 3.8) is 0 Å². The minimum Gasteiger partial charge on any atom is -0.444 e. The molecule has 1 atom stereocenters. The fourth-order valence-electron chi connectivity index (χ4n) is 2.21. The van der Waals surface area contributed by atoms with E-state index in [-0.39, 0.29) is 12.1 Å². The Morgan fingerprint density at radius 2 is 2.09 bits per heavy atom. The predicted molar refractivity (Wildman–Crippen MR) is 77.8 cm³/mol. The van der Waals surface area contributed by atoms with Crippen molar-refractivity contribution >= 4 is 6.09 Å². The van der Waals surface area contributed by atoms with E-state index in [1.54, 1.807) is 29.4 Å². The van der Waals surface area contributed by atoms with Gasteiger partial charge in [0.2, 0.25) is 0 Å². The molecule has 0 bridgehead atoms. The summed E-state index contributed by atoms with van der Waals surface area (Å²) >= 11 is 0. The lowest BCUT2D eigenvalue weighted by molar-refractivity contribution is -0.0108. The zero-order valence-corrected chi connectivity index (χ0v) is 12.8. The lowest BCUT2D eigenvalue weighted by Gasteiger charge is -2.39. The average molecular weight is 302 g/mol. The minimum atomic E-state index is -0.512. The highest BCUT2D eigenvalue weighted by molar-refractivity contribution is 5.70. The molecular weight excluding hydrogens is 284 g/mol. The summed E-state index contributed by atoms with van der Waals surface area (Å²) in [7, 11) is 0. The molecule has 1 unspecified atom stereocenters. The molecule has 3 rings (SSSR count). The van der Waals surface area contributed by atoms with Crippen LogP contribution in [-0.4, -0.2) is 38.3 Å². The maximum absolute atomic E-state index is 12.1. The molecule has 3 heterocycles. The Morgan fingerprint density at radius 1 is 1.36 bits per heavy atom. The van der Waals surface area contributed by atoms with Crippen LogP contribution < -0.4 is 0 Å². The number of carbonyl (C=O) groups is 1. The van der Waals surface area contributed by atoms with Crippen molar-refractivity contribution in [1.29, 1.82) is 0 Å². The molecule has 2 aromatic heterocycles. The number of amides is 1. The van der Waals surface area contributed by atoms with Crippen LogP contribution >= 0.6 is 0 Å². The molecule has 1 aliphatic heterocycles. The Bertz CT molecular complexity index is 663. The zero-order chi connectivity index (χ0) is 15.7. The number of hydrogen-bond donors (Lipinski definition) is 0. The Labute approximate surface area is 128 Å². The minimum absolute atomic E-state index is 0.139. The Hall–Kier alpha value is -2.44. The highest BCUT2D eigenvalue weighted by atomic mass is 16.6. The van der Waals surface area contributed by atoms with E-state index in [0.29, 0.717) is 23.8 Å². The van der Waals surface area contributed by atoms with Gasteiger partial charge in [-0.25, -0.2) is 14.8 Å². The van der Waals surface area contributed by atoms with Gasteiger partial charge in [-0.1, -0.05) is 5.16 Å². The molecule has 7 nitrogen and oxygen atoms in total. The van der Waals surface area contributed by atoms with E-state index in [0.717, 1.165) is 6.42 Å². The summed E-state index contributed by atoms with van der Waals surface area (Å²) in [4.78, 5) is 22.0. The number of hydrogen-bond acceptors (Lipinski definition) is 6. The first kappa shape index (κ1) is 14.5. The van der Waals surface area contributed by atoms with Crippen molar-refractivity contribution in [2.24, 2.45) is 0 Å². The van der Waals surface area contributed by atoms with Crippen LogP contribution in [0.2, 0.25) is 0 Å². The van der Waals surface area contributed by atoms with E-state index in [1.165, 1.54) is 0 Å². The van der Waals surface area contributed by atoms with Crippen LogP contribution in [0.5, 0.6) is 0 Å². The number of likely N-dealkylation sites (tertiary alicyclic amines) is 1. The SMILES string of the molecule is CC(C)(C)OC(=O)N1CCC1c1cc(-c2ncccn2)no1. The molecule has 7 heteroatoms. The van der Waals surface area contributed by atoms with Gasteiger partial charge in [0.05, 0.1) is 6.04 Å². The lowest BCUT2D eigenvalue weighted by Crippen LogP contribution is -2.47. The Kier molecular flexibility index (Phi) is 3.56. The first-order valence-electron chi connectivity index (χ1n) is 7.18. The van der Waals surface area contributed by atoms with Crippen LogP contribution in [0.3, 0.4) is 0 Å². The molecule has 116 valence electrons. The second kappa shape index (κ2) is 5.40. The largest absolute Gasteiger partial charge is 0.444 e.